The highest BCUT2D eigenvalue weighted by molar-refractivity contribution is 7.96. The normalized spacial score (nSPS) is 15.8. The van der Waals surface area contributed by atoms with Crippen LogP contribution in [0.15, 0.2) is 24.7 Å². The van der Waals surface area contributed by atoms with E-state index in [4.69, 9.17) is 0 Å². The van der Waals surface area contributed by atoms with Crippen LogP contribution in [0.4, 0.5) is 14.5 Å². The Hall–Kier alpha value is -2.26. The van der Waals surface area contributed by atoms with E-state index in [1.807, 2.05) is 0 Å². The molecule has 0 radical (unpaired) electrons. The first kappa shape index (κ1) is 17.2. The van der Waals surface area contributed by atoms with Gasteiger partial charge in [-0.15, -0.1) is 0 Å². The highest BCUT2D eigenvalue weighted by atomic mass is 32.2. The fourth-order valence-corrected chi connectivity index (χ4v) is 3.61. The molecule has 0 saturated carbocycles. The molecule has 0 N–H and O–H groups in total. The maximum Gasteiger partial charge on any atom is 0.251 e. The Kier molecular flexibility index (Phi) is 4.49. The Bertz CT molecular complexity index is 935. The fraction of sp³-hybridized carbons (Fsp3) is 0.353. The summed E-state index contributed by atoms with van der Waals surface area (Å²) in [5.41, 5.74) is 1.07. The van der Waals surface area contributed by atoms with Crippen LogP contribution in [0, 0.1) is 18.6 Å². The van der Waals surface area contributed by atoms with Gasteiger partial charge in [0.15, 0.2) is 5.82 Å². The van der Waals surface area contributed by atoms with E-state index in [9.17, 15) is 8.78 Å². The molecule has 0 spiro atoms. The van der Waals surface area contributed by atoms with Gasteiger partial charge < -0.3 is 4.90 Å². The van der Waals surface area contributed by atoms with Gasteiger partial charge in [0.25, 0.3) is 5.95 Å². The van der Waals surface area contributed by atoms with Gasteiger partial charge in [-0.25, -0.2) is 23.1 Å². The van der Waals surface area contributed by atoms with Crippen LogP contribution in [0.2, 0.25) is 0 Å². The summed E-state index contributed by atoms with van der Waals surface area (Å²) in [6.45, 7) is 5.16. The van der Waals surface area contributed by atoms with E-state index in [0.29, 0.717) is 5.39 Å². The lowest BCUT2D eigenvalue weighted by atomic mass is 10.1. The van der Waals surface area contributed by atoms with Crippen molar-refractivity contribution < 1.29 is 8.78 Å². The Morgan fingerprint density at radius 2 is 1.73 bits per heavy atom. The molecule has 0 bridgehead atoms. The second-order valence-corrected chi connectivity index (χ2v) is 7.01. The minimum Gasteiger partial charge on any atom is -0.366 e. The van der Waals surface area contributed by atoms with Crippen molar-refractivity contribution in [1.82, 2.24) is 24.1 Å². The third-order valence-electron chi connectivity index (χ3n) is 4.65. The Balaban J connectivity index is 1.64. The molecule has 3 heterocycles. The zero-order chi connectivity index (χ0) is 18.3. The molecule has 0 amide bonds. The summed E-state index contributed by atoms with van der Waals surface area (Å²) in [6.07, 6.45) is 6.94. The first-order valence-corrected chi connectivity index (χ1v) is 9.45. The summed E-state index contributed by atoms with van der Waals surface area (Å²) < 4.78 is 31.8. The van der Waals surface area contributed by atoms with Crippen LogP contribution >= 0.6 is 11.9 Å². The maximum atomic E-state index is 14.5. The van der Waals surface area contributed by atoms with Crippen molar-refractivity contribution >= 4 is 28.5 Å². The lowest BCUT2D eigenvalue weighted by Gasteiger charge is -2.34. The van der Waals surface area contributed by atoms with Gasteiger partial charge in [-0.2, -0.15) is 9.78 Å². The molecule has 2 aromatic heterocycles. The standard InChI is InChI=1S/C17H18F2N6S/c1-11-14(18)7-12-8-22-25(16(12)15(11)19)17-20-9-13(10-21-17)23-3-5-24(26-2)6-4-23/h7-10H,3-6H2,1-2H3. The number of rotatable bonds is 3. The van der Waals surface area contributed by atoms with Gasteiger partial charge >= 0.3 is 0 Å². The maximum absolute atomic E-state index is 14.5. The predicted octanol–water partition coefficient (Wildman–Crippen LogP) is 2.80. The van der Waals surface area contributed by atoms with Crippen LogP contribution in [0.3, 0.4) is 0 Å². The van der Waals surface area contributed by atoms with E-state index in [-0.39, 0.29) is 17.0 Å². The lowest BCUT2D eigenvalue weighted by Crippen LogP contribution is -2.43. The summed E-state index contributed by atoms with van der Waals surface area (Å²) in [6, 6.07) is 1.27. The molecule has 6 nitrogen and oxygen atoms in total. The number of fused-ring (bicyclic) bond motifs is 1. The van der Waals surface area contributed by atoms with E-state index in [0.717, 1.165) is 31.9 Å². The van der Waals surface area contributed by atoms with Crippen LogP contribution in [0.25, 0.3) is 16.9 Å². The minimum atomic E-state index is -0.640. The predicted molar refractivity (Wildman–Crippen MR) is 98.6 cm³/mol. The number of hydrogen-bond donors (Lipinski definition) is 0. The van der Waals surface area contributed by atoms with Gasteiger partial charge in [0, 0.05) is 37.1 Å². The molecule has 1 aromatic carbocycles. The molecule has 9 heteroatoms. The smallest absolute Gasteiger partial charge is 0.251 e. The summed E-state index contributed by atoms with van der Waals surface area (Å²) in [4.78, 5) is 10.9. The van der Waals surface area contributed by atoms with Crippen molar-refractivity contribution in [3.05, 3.63) is 41.9 Å². The number of halogens is 2. The zero-order valence-electron chi connectivity index (χ0n) is 14.5. The molecule has 26 heavy (non-hydrogen) atoms. The minimum absolute atomic E-state index is 0.0393. The van der Waals surface area contributed by atoms with E-state index in [1.54, 1.807) is 24.3 Å². The SMILES string of the molecule is CSN1CCN(c2cnc(-n3ncc4cc(F)c(C)c(F)c43)nc2)CC1. The van der Waals surface area contributed by atoms with E-state index in [2.05, 4.69) is 30.5 Å². The van der Waals surface area contributed by atoms with Crippen LogP contribution in [-0.2, 0) is 0 Å². The first-order valence-electron chi connectivity index (χ1n) is 8.27. The molecular weight excluding hydrogens is 358 g/mol. The zero-order valence-corrected chi connectivity index (χ0v) is 15.3. The summed E-state index contributed by atoms with van der Waals surface area (Å²) in [5.74, 6) is -0.968. The van der Waals surface area contributed by atoms with Gasteiger partial charge in [0.2, 0.25) is 0 Å². The molecular formula is C17H18F2N6S. The molecule has 4 rings (SSSR count). The van der Waals surface area contributed by atoms with Gasteiger partial charge in [-0.05, 0) is 19.2 Å². The average Bonchev–Trinajstić information content (AvgIpc) is 3.10. The van der Waals surface area contributed by atoms with Crippen molar-refractivity contribution in [2.75, 3.05) is 37.3 Å². The lowest BCUT2D eigenvalue weighted by molar-refractivity contribution is 0.430. The van der Waals surface area contributed by atoms with Crippen molar-refractivity contribution in [2.45, 2.75) is 6.92 Å². The molecule has 136 valence electrons. The van der Waals surface area contributed by atoms with Gasteiger partial charge in [0.05, 0.1) is 24.3 Å². The molecule has 1 aliphatic rings. The summed E-state index contributed by atoms with van der Waals surface area (Å²) >= 11 is 1.75. The molecule has 0 aliphatic carbocycles. The number of benzene rings is 1. The fourth-order valence-electron chi connectivity index (χ4n) is 3.08. The topological polar surface area (TPSA) is 50.1 Å². The molecule has 1 aliphatic heterocycles. The van der Waals surface area contributed by atoms with E-state index < -0.39 is 11.6 Å². The molecule has 0 unspecified atom stereocenters. The largest absolute Gasteiger partial charge is 0.366 e. The first-order chi connectivity index (χ1) is 12.6. The van der Waals surface area contributed by atoms with Gasteiger partial charge in [-0.1, -0.05) is 11.9 Å². The second-order valence-electron chi connectivity index (χ2n) is 6.13. The van der Waals surface area contributed by atoms with Crippen molar-refractivity contribution in [1.29, 1.82) is 0 Å². The monoisotopic (exact) mass is 376 g/mol. The number of nitrogens with zero attached hydrogens (tertiary/aromatic N) is 6. The Labute approximate surface area is 154 Å². The van der Waals surface area contributed by atoms with Crippen LogP contribution in [0.5, 0.6) is 0 Å². The quantitative estimate of drug-likeness (QED) is 0.655. The number of hydrogen-bond acceptors (Lipinski definition) is 6. The summed E-state index contributed by atoms with van der Waals surface area (Å²) in [7, 11) is 0. The third-order valence-corrected chi connectivity index (χ3v) is 5.53. The highest BCUT2D eigenvalue weighted by Crippen LogP contribution is 2.25. The second kappa shape index (κ2) is 6.81. The highest BCUT2D eigenvalue weighted by Gasteiger charge is 2.19. The number of aromatic nitrogens is 4. The van der Waals surface area contributed by atoms with Crippen molar-refractivity contribution in [2.24, 2.45) is 0 Å². The van der Waals surface area contributed by atoms with Crippen LogP contribution < -0.4 is 4.90 Å². The molecule has 1 fully saturated rings. The van der Waals surface area contributed by atoms with Gasteiger partial charge in [-0.3, -0.25) is 0 Å². The van der Waals surface area contributed by atoms with E-state index in [1.165, 1.54) is 23.9 Å². The molecule has 3 aromatic rings. The summed E-state index contributed by atoms with van der Waals surface area (Å²) in [5, 5.41) is 4.51. The van der Waals surface area contributed by atoms with Crippen LogP contribution in [0.1, 0.15) is 5.56 Å². The Morgan fingerprint density at radius 1 is 1.04 bits per heavy atom. The third kappa shape index (κ3) is 2.90. The van der Waals surface area contributed by atoms with E-state index >= 15 is 0 Å². The number of piperazine rings is 1. The van der Waals surface area contributed by atoms with Crippen LogP contribution in [-0.4, -0.2) is 56.5 Å². The molecule has 0 atom stereocenters. The number of anilines is 1. The van der Waals surface area contributed by atoms with Crippen molar-refractivity contribution in [3.8, 4) is 5.95 Å². The van der Waals surface area contributed by atoms with Crippen molar-refractivity contribution in [3.63, 3.8) is 0 Å². The Morgan fingerprint density at radius 3 is 2.38 bits per heavy atom. The molecule has 1 saturated heterocycles. The average molecular weight is 376 g/mol. The van der Waals surface area contributed by atoms with Gasteiger partial charge in [0.1, 0.15) is 11.3 Å².